The van der Waals surface area contributed by atoms with Gasteiger partial charge in [0.05, 0.1) is 7.11 Å². The molecule has 0 atom stereocenters. The van der Waals surface area contributed by atoms with E-state index in [2.05, 4.69) is 5.32 Å². The van der Waals surface area contributed by atoms with Crippen LogP contribution in [0.3, 0.4) is 0 Å². The Morgan fingerprint density at radius 3 is 2.53 bits per heavy atom. The number of carbonyl (C=O) groups excluding carboxylic acids is 1. The number of hydrogen-bond donors (Lipinski definition) is 1. The monoisotopic (exact) mass is 236 g/mol. The number of amides is 2. The number of benzene rings is 1. The number of rotatable bonds is 5. The summed E-state index contributed by atoms with van der Waals surface area (Å²) in [6.45, 7) is 5.85. The smallest absolute Gasteiger partial charge is 0.317 e. The van der Waals surface area contributed by atoms with Crippen molar-refractivity contribution in [2.24, 2.45) is 0 Å². The van der Waals surface area contributed by atoms with Crippen LogP contribution in [0, 0.1) is 0 Å². The summed E-state index contributed by atoms with van der Waals surface area (Å²) in [5.41, 5.74) is 0.982. The van der Waals surface area contributed by atoms with Gasteiger partial charge < -0.3 is 15.0 Å². The van der Waals surface area contributed by atoms with Crippen molar-refractivity contribution in [3.63, 3.8) is 0 Å². The summed E-state index contributed by atoms with van der Waals surface area (Å²) in [6, 6.07) is 7.64. The molecule has 0 fully saturated rings. The van der Waals surface area contributed by atoms with Crippen molar-refractivity contribution in [1.29, 1.82) is 0 Å². The Labute approximate surface area is 103 Å². The van der Waals surface area contributed by atoms with E-state index >= 15 is 0 Å². The van der Waals surface area contributed by atoms with Crippen LogP contribution in [0.5, 0.6) is 5.75 Å². The van der Waals surface area contributed by atoms with E-state index in [1.807, 2.05) is 38.1 Å². The molecule has 0 aliphatic rings. The van der Waals surface area contributed by atoms with Gasteiger partial charge in [-0.1, -0.05) is 18.2 Å². The molecule has 1 N–H and O–H groups in total. The second-order valence-corrected chi connectivity index (χ2v) is 3.64. The third-order valence-corrected chi connectivity index (χ3v) is 2.67. The normalized spacial score (nSPS) is 9.82. The lowest BCUT2D eigenvalue weighted by atomic mass is 10.2. The predicted octanol–water partition coefficient (Wildman–Crippen LogP) is 2.25. The van der Waals surface area contributed by atoms with Crippen LogP contribution in [0.25, 0.3) is 0 Å². The maximum Gasteiger partial charge on any atom is 0.317 e. The first-order valence-electron chi connectivity index (χ1n) is 5.87. The molecule has 2 amide bonds. The summed E-state index contributed by atoms with van der Waals surface area (Å²) in [4.78, 5) is 13.5. The minimum absolute atomic E-state index is 0.0408. The molecule has 0 heterocycles. The zero-order valence-electron chi connectivity index (χ0n) is 10.7. The van der Waals surface area contributed by atoms with E-state index < -0.39 is 0 Å². The quantitative estimate of drug-likeness (QED) is 0.852. The van der Waals surface area contributed by atoms with Gasteiger partial charge in [-0.2, -0.15) is 0 Å². The molecule has 1 rings (SSSR count). The maximum absolute atomic E-state index is 11.8. The highest BCUT2D eigenvalue weighted by atomic mass is 16.5. The molecule has 0 radical (unpaired) electrons. The van der Waals surface area contributed by atoms with E-state index in [1.54, 1.807) is 12.0 Å². The summed E-state index contributed by atoms with van der Waals surface area (Å²) in [6.07, 6.45) is 0. The molecule has 0 aliphatic heterocycles. The summed E-state index contributed by atoms with van der Waals surface area (Å²) < 4.78 is 5.23. The van der Waals surface area contributed by atoms with Crippen molar-refractivity contribution in [2.75, 3.05) is 20.2 Å². The van der Waals surface area contributed by atoms with E-state index in [-0.39, 0.29) is 6.03 Å². The number of ether oxygens (including phenoxy) is 1. The molecule has 0 aromatic heterocycles. The van der Waals surface area contributed by atoms with Crippen LogP contribution in [0.2, 0.25) is 0 Å². The van der Waals surface area contributed by atoms with Crippen molar-refractivity contribution in [2.45, 2.75) is 20.4 Å². The van der Waals surface area contributed by atoms with E-state index in [0.29, 0.717) is 19.6 Å². The molecule has 0 saturated heterocycles. The van der Waals surface area contributed by atoms with Gasteiger partial charge in [0.1, 0.15) is 5.75 Å². The fraction of sp³-hybridized carbons (Fsp3) is 0.462. The van der Waals surface area contributed by atoms with Crippen LogP contribution in [-0.2, 0) is 6.54 Å². The van der Waals surface area contributed by atoms with Crippen LogP contribution in [0.4, 0.5) is 4.79 Å². The first kappa shape index (κ1) is 13.4. The molecule has 0 bridgehead atoms. The summed E-state index contributed by atoms with van der Waals surface area (Å²) >= 11 is 0. The molecule has 94 valence electrons. The van der Waals surface area contributed by atoms with Gasteiger partial charge in [-0.05, 0) is 19.9 Å². The lowest BCUT2D eigenvalue weighted by molar-refractivity contribution is 0.202. The standard InChI is InChI=1S/C13H20N2O2/c1-4-15(5-2)13(16)14-10-11-8-6-7-9-12(11)17-3/h6-9H,4-5,10H2,1-3H3,(H,14,16). The highest BCUT2D eigenvalue weighted by Crippen LogP contribution is 2.16. The lowest BCUT2D eigenvalue weighted by Crippen LogP contribution is -2.39. The first-order valence-corrected chi connectivity index (χ1v) is 5.87. The number of nitrogens with zero attached hydrogens (tertiary/aromatic N) is 1. The van der Waals surface area contributed by atoms with Gasteiger partial charge in [0.25, 0.3) is 0 Å². The highest BCUT2D eigenvalue weighted by molar-refractivity contribution is 5.74. The summed E-state index contributed by atoms with van der Waals surface area (Å²) in [5, 5.41) is 2.88. The van der Waals surface area contributed by atoms with Gasteiger partial charge in [0, 0.05) is 25.2 Å². The SMILES string of the molecule is CCN(CC)C(=O)NCc1ccccc1OC. The van der Waals surface area contributed by atoms with Gasteiger partial charge in [-0.3, -0.25) is 0 Å². The van der Waals surface area contributed by atoms with E-state index in [4.69, 9.17) is 4.74 Å². The number of urea groups is 1. The van der Waals surface area contributed by atoms with Crippen LogP contribution >= 0.6 is 0 Å². The second-order valence-electron chi connectivity index (χ2n) is 3.64. The third-order valence-electron chi connectivity index (χ3n) is 2.67. The first-order chi connectivity index (χ1) is 8.22. The van der Waals surface area contributed by atoms with Crippen LogP contribution in [0.1, 0.15) is 19.4 Å². The third kappa shape index (κ3) is 3.66. The minimum atomic E-state index is -0.0408. The van der Waals surface area contributed by atoms with Crippen molar-refractivity contribution in [3.8, 4) is 5.75 Å². The van der Waals surface area contributed by atoms with E-state index in [0.717, 1.165) is 11.3 Å². The van der Waals surface area contributed by atoms with Crippen molar-refractivity contribution in [3.05, 3.63) is 29.8 Å². The average Bonchev–Trinajstić information content (AvgIpc) is 2.38. The fourth-order valence-electron chi connectivity index (χ4n) is 1.64. The van der Waals surface area contributed by atoms with Gasteiger partial charge in [-0.15, -0.1) is 0 Å². The van der Waals surface area contributed by atoms with Crippen LogP contribution in [0.15, 0.2) is 24.3 Å². The molecular formula is C13H20N2O2. The molecule has 0 saturated carbocycles. The molecular weight excluding hydrogens is 216 g/mol. The predicted molar refractivity (Wildman–Crippen MR) is 68.2 cm³/mol. The van der Waals surface area contributed by atoms with Crippen molar-refractivity contribution < 1.29 is 9.53 Å². The number of para-hydroxylation sites is 1. The van der Waals surface area contributed by atoms with Crippen LogP contribution in [-0.4, -0.2) is 31.1 Å². The molecule has 17 heavy (non-hydrogen) atoms. The zero-order valence-corrected chi connectivity index (χ0v) is 10.7. The van der Waals surface area contributed by atoms with Gasteiger partial charge in [0.2, 0.25) is 0 Å². The van der Waals surface area contributed by atoms with Gasteiger partial charge in [0.15, 0.2) is 0 Å². The molecule has 0 spiro atoms. The Balaban J connectivity index is 2.58. The second kappa shape index (κ2) is 6.78. The Morgan fingerprint density at radius 1 is 1.29 bits per heavy atom. The average molecular weight is 236 g/mol. The number of methoxy groups -OCH3 is 1. The molecule has 4 heteroatoms. The van der Waals surface area contributed by atoms with Gasteiger partial charge >= 0.3 is 6.03 Å². The van der Waals surface area contributed by atoms with Crippen molar-refractivity contribution in [1.82, 2.24) is 10.2 Å². The Hall–Kier alpha value is -1.71. The number of nitrogens with one attached hydrogen (secondary N) is 1. The molecule has 4 nitrogen and oxygen atoms in total. The zero-order chi connectivity index (χ0) is 12.7. The minimum Gasteiger partial charge on any atom is -0.496 e. The van der Waals surface area contributed by atoms with Gasteiger partial charge in [-0.25, -0.2) is 4.79 Å². The summed E-state index contributed by atoms with van der Waals surface area (Å²) in [7, 11) is 1.63. The molecule has 0 aliphatic carbocycles. The number of hydrogen-bond acceptors (Lipinski definition) is 2. The van der Waals surface area contributed by atoms with E-state index in [1.165, 1.54) is 0 Å². The fourth-order valence-corrected chi connectivity index (χ4v) is 1.64. The van der Waals surface area contributed by atoms with E-state index in [9.17, 15) is 4.79 Å². The van der Waals surface area contributed by atoms with Crippen molar-refractivity contribution >= 4 is 6.03 Å². The maximum atomic E-state index is 11.8. The topological polar surface area (TPSA) is 41.6 Å². The Bertz CT molecular complexity index is 362. The van der Waals surface area contributed by atoms with Crippen LogP contribution < -0.4 is 10.1 Å². The molecule has 1 aromatic carbocycles. The number of carbonyl (C=O) groups is 1. The Kier molecular flexibility index (Phi) is 5.33. The molecule has 0 unspecified atom stereocenters. The largest absolute Gasteiger partial charge is 0.496 e. The lowest BCUT2D eigenvalue weighted by Gasteiger charge is -2.19. The molecule has 1 aromatic rings. The Morgan fingerprint density at radius 2 is 1.94 bits per heavy atom. The summed E-state index contributed by atoms with van der Waals surface area (Å²) in [5.74, 6) is 0.798. The highest BCUT2D eigenvalue weighted by Gasteiger charge is 2.09.